The van der Waals surface area contributed by atoms with Crippen LogP contribution >= 0.6 is 0 Å². The molecule has 134 valence electrons. The molecule has 4 bridgehead atoms. The van der Waals surface area contributed by atoms with E-state index >= 15 is 0 Å². The minimum absolute atomic E-state index is 0.0484. The van der Waals surface area contributed by atoms with Crippen LogP contribution < -0.4 is 0 Å². The fourth-order valence-electron chi connectivity index (χ4n) is 7.08. The molecule has 0 aromatic carbocycles. The van der Waals surface area contributed by atoms with E-state index in [0.717, 1.165) is 6.42 Å². The molecule has 2 aliphatic heterocycles. The van der Waals surface area contributed by atoms with Gasteiger partial charge in [-0.2, -0.15) is 0 Å². The number of hydrogen-bond donors (Lipinski definition) is 1. The second-order valence-electron chi connectivity index (χ2n) is 9.39. The maximum absolute atomic E-state index is 13.3. The number of aliphatic hydroxyl groups is 1. The zero-order chi connectivity index (χ0) is 17.9. The van der Waals surface area contributed by atoms with Crippen molar-refractivity contribution in [2.24, 2.45) is 34.0 Å². The van der Waals surface area contributed by atoms with Crippen LogP contribution in [-0.4, -0.2) is 35.2 Å². The predicted molar refractivity (Wildman–Crippen MR) is 87.7 cm³/mol. The molecule has 1 N–H and O–H groups in total. The molecular formula is C20H24O5. The van der Waals surface area contributed by atoms with Crippen molar-refractivity contribution < 1.29 is 24.2 Å². The van der Waals surface area contributed by atoms with Gasteiger partial charge in [0.05, 0.1) is 23.5 Å². The van der Waals surface area contributed by atoms with E-state index in [1.54, 1.807) is 0 Å². The topological polar surface area (TPSA) is 80.7 Å². The van der Waals surface area contributed by atoms with E-state index in [-0.39, 0.29) is 47.8 Å². The van der Waals surface area contributed by atoms with Crippen molar-refractivity contribution >= 4 is 17.3 Å². The van der Waals surface area contributed by atoms with E-state index in [2.05, 4.69) is 0 Å². The first-order valence-electron chi connectivity index (χ1n) is 9.37. The second kappa shape index (κ2) is 4.25. The number of fused-ring (bicyclic) bond motifs is 3. The van der Waals surface area contributed by atoms with Gasteiger partial charge in [-0.15, -0.1) is 0 Å². The second-order valence-corrected chi connectivity index (χ2v) is 9.39. The van der Waals surface area contributed by atoms with Gasteiger partial charge < -0.3 is 9.84 Å². The smallest absolute Gasteiger partial charge is 0.210 e. The highest BCUT2D eigenvalue weighted by atomic mass is 16.5. The van der Waals surface area contributed by atoms with Gasteiger partial charge in [-0.05, 0) is 36.7 Å². The molecule has 6 aliphatic rings. The monoisotopic (exact) mass is 344 g/mol. The van der Waals surface area contributed by atoms with Crippen LogP contribution in [0.3, 0.4) is 0 Å². The predicted octanol–water partition coefficient (Wildman–Crippen LogP) is 2.39. The highest BCUT2D eigenvalue weighted by Gasteiger charge is 2.76. The Labute approximate surface area is 146 Å². The van der Waals surface area contributed by atoms with Crippen LogP contribution in [0.25, 0.3) is 0 Å². The molecule has 6 rings (SSSR count). The average Bonchev–Trinajstić information content (AvgIpc) is 2.76. The number of hydrogen-bond acceptors (Lipinski definition) is 5. The van der Waals surface area contributed by atoms with Crippen molar-refractivity contribution in [2.45, 2.75) is 52.6 Å². The van der Waals surface area contributed by atoms with Crippen molar-refractivity contribution in [3.63, 3.8) is 0 Å². The molecule has 0 unspecified atom stereocenters. The third kappa shape index (κ3) is 1.39. The van der Waals surface area contributed by atoms with Gasteiger partial charge in [0.2, 0.25) is 5.78 Å². The van der Waals surface area contributed by atoms with Gasteiger partial charge in [-0.25, -0.2) is 0 Å². The Kier molecular flexibility index (Phi) is 2.68. The summed E-state index contributed by atoms with van der Waals surface area (Å²) in [6, 6.07) is 0. The first kappa shape index (κ1) is 15.7. The highest BCUT2D eigenvalue weighted by molar-refractivity contribution is 6.18. The fourth-order valence-corrected chi connectivity index (χ4v) is 7.08. The summed E-state index contributed by atoms with van der Waals surface area (Å²) in [6.07, 6.45) is 2.01. The van der Waals surface area contributed by atoms with Gasteiger partial charge in [-0.3, -0.25) is 14.4 Å². The Hall–Kier alpha value is -1.49. The molecule has 0 radical (unpaired) electrons. The normalized spacial score (nSPS) is 50.1. The molecule has 2 saturated heterocycles. The number of ether oxygens (including phenoxy) is 1. The maximum Gasteiger partial charge on any atom is 0.210 e. The lowest BCUT2D eigenvalue weighted by Gasteiger charge is -2.63. The van der Waals surface area contributed by atoms with Gasteiger partial charge in [0.25, 0.3) is 0 Å². The number of Topliss-reactive ketones (excluding diaryl/α,β-unsaturated/α-hetero) is 3. The van der Waals surface area contributed by atoms with E-state index in [1.807, 2.05) is 20.8 Å². The first-order chi connectivity index (χ1) is 11.7. The van der Waals surface area contributed by atoms with E-state index < -0.39 is 22.0 Å². The molecule has 0 aromatic heterocycles. The van der Waals surface area contributed by atoms with Crippen LogP contribution in [0.1, 0.15) is 46.5 Å². The first-order valence-corrected chi connectivity index (χ1v) is 9.37. The molecule has 5 nitrogen and oxygen atoms in total. The van der Waals surface area contributed by atoms with E-state index in [0.29, 0.717) is 24.8 Å². The lowest BCUT2D eigenvalue weighted by atomic mass is 9.42. The largest absolute Gasteiger partial charge is 0.504 e. The maximum atomic E-state index is 13.3. The van der Waals surface area contributed by atoms with Crippen LogP contribution in [0, 0.1) is 34.0 Å². The molecular weight excluding hydrogens is 320 g/mol. The van der Waals surface area contributed by atoms with E-state index in [9.17, 15) is 19.5 Å². The zero-order valence-electron chi connectivity index (χ0n) is 14.9. The minimum Gasteiger partial charge on any atom is -0.504 e. The van der Waals surface area contributed by atoms with Crippen LogP contribution in [0.15, 0.2) is 11.3 Å². The Morgan fingerprint density at radius 1 is 1.12 bits per heavy atom. The number of allylic oxidation sites excluding steroid dienone is 1. The van der Waals surface area contributed by atoms with Crippen molar-refractivity contribution in [3.05, 3.63) is 11.3 Å². The molecule has 6 atom stereocenters. The van der Waals surface area contributed by atoms with Crippen LogP contribution in [-0.2, 0) is 19.1 Å². The number of aliphatic hydroxyl groups excluding tert-OH is 1. The lowest BCUT2D eigenvalue weighted by Crippen LogP contribution is -2.69. The Morgan fingerprint density at radius 3 is 2.52 bits per heavy atom. The molecule has 4 aliphatic carbocycles. The summed E-state index contributed by atoms with van der Waals surface area (Å²) in [5.74, 6) is -1.11. The van der Waals surface area contributed by atoms with Gasteiger partial charge in [0.1, 0.15) is 11.6 Å². The molecule has 5 heteroatoms. The molecule has 25 heavy (non-hydrogen) atoms. The molecule has 5 fully saturated rings. The average molecular weight is 344 g/mol. The summed E-state index contributed by atoms with van der Waals surface area (Å²) >= 11 is 0. The molecule has 0 aromatic rings. The van der Waals surface area contributed by atoms with Gasteiger partial charge in [0.15, 0.2) is 5.76 Å². The van der Waals surface area contributed by atoms with Gasteiger partial charge in [-0.1, -0.05) is 20.8 Å². The van der Waals surface area contributed by atoms with Crippen molar-refractivity contribution in [1.29, 1.82) is 0 Å². The van der Waals surface area contributed by atoms with Crippen molar-refractivity contribution in [2.75, 3.05) is 6.61 Å². The SMILES string of the molecule is C[C@H]1C(=O)[C@]23C[C@H]1CC[C@H]2[C@]12CO[C@H](CC1=O)C(C)(C)C2=C(O)C3=O. The third-order valence-corrected chi connectivity index (χ3v) is 8.29. The van der Waals surface area contributed by atoms with Crippen LogP contribution in [0.2, 0.25) is 0 Å². The standard InChI is InChI=1S/C20H24O5/c1-9-10-4-5-11-19(7-10,16(9)23)17(24)14(22)15-18(2,3)13-6-12(21)20(11,15)8-25-13/h9-11,13,22H,4-8H2,1-3H3/t9-,10-,11-,13-,19+,20-/m1/s1. The molecule has 3 saturated carbocycles. The summed E-state index contributed by atoms with van der Waals surface area (Å²) in [5.41, 5.74) is -2.23. The van der Waals surface area contributed by atoms with Crippen molar-refractivity contribution in [3.8, 4) is 0 Å². The number of ketones is 3. The van der Waals surface area contributed by atoms with Crippen molar-refractivity contribution in [1.82, 2.24) is 0 Å². The Morgan fingerprint density at radius 2 is 1.84 bits per heavy atom. The quantitative estimate of drug-likeness (QED) is 0.683. The summed E-state index contributed by atoms with van der Waals surface area (Å²) in [5, 5.41) is 11.0. The Balaban J connectivity index is 1.84. The Bertz CT molecular complexity index is 777. The minimum atomic E-state index is -1.21. The lowest BCUT2D eigenvalue weighted by molar-refractivity contribution is -0.194. The third-order valence-electron chi connectivity index (χ3n) is 8.29. The van der Waals surface area contributed by atoms with E-state index in [4.69, 9.17) is 4.74 Å². The zero-order valence-corrected chi connectivity index (χ0v) is 14.9. The van der Waals surface area contributed by atoms with Crippen LogP contribution in [0.4, 0.5) is 0 Å². The summed E-state index contributed by atoms with van der Waals surface area (Å²) in [6.45, 7) is 5.98. The number of carbonyl (C=O) groups is 3. The molecule has 0 amide bonds. The highest BCUT2D eigenvalue weighted by Crippen LogP contribution is 2.70. The van der Waals surface area contributed by atoms with Gasteiger partial charge >= 0.3 is 0 Å². The summed E-state index contributed by atoms with van der Waals surface area (Å²) < 4.78 is 6.03. The van der Waals surface area contributed by atoms with Gasteiger partial charge in [0, 0.05) is 17.8 Å². The van der Waals surface area contributed by atoms with Crippen LogP contribution in [0.5, 0.6) is 0 Å². The number of carbonyl (C=O) groups excluding carboxylic acids is 3. The van der Waals surface area contributed by atoms with E-state index in [1.165, 1.54) is 0 Å². The summed E-state index contributed by atoms with van der Waals surface area (Å²) in [7, 11) is 0. The molecule has 2 heterocycles. The summed E-state index contributed by atoms with van der Waals surface area (Å²) in [4.78, 5) is 39.8. The fraction of sp³-hybridized carbons (Fsp3) is 0.750. The number of rotatable bonds is 0. The molecule has 2 spiro atoms.